The summed E-state index contributed by atoms with van der Waals surface area (Å²) in [5.74, 6) is 0. The molecule has 21 heavy (non-hydrogen) atoms. The van der Waals surface area contributed by atoms with Crippen molar-refractivity contribution < 1.29 is 14.8 Å². The number of rotatable bonds is 6. The third-order valence-electron chi connectivity index (χ3n) is 4.21. The lowest BCUT2D eigenvalue weighted by atomic mass is 9.95. The van der Waals surface area contributed by atoms with Gasteiger partial charge in [-0.2, -0.15) is 0 Å². The number of non-ortho nitro benzene ring substituents is 1. The lowest BCUT2D eigenvalue weighted by Gasteiger charge is -2.29. The molecule has 2 rings (SSSR count). The molecule has 1 aliphatic rings. The smallest absolute Gasteiger partial charge is 0.269 e. The summed E-state index contributed by atoms with van der Waals surface area (Å²) < 4.78 is 5.41. The summed E-state index contributed by atoms with van der Waals surface area (Å²) in [5.41, 5.74) is 0.0830. The van der Waals surface area contributed by atoms with Gasteiger partial charge in [0.15, 0.2) is 0 Å². The van der Waals surface area contributed by atoms with E-state index in [1.54, 1.807) is 12.1 Å². The lowest BCUT2D eigenvalue weighted by molar-refractivity contribution is -0.384. The van der Waals surface area contributed by atoms with Crippen LogP contribution in [0, 0.1) is 10.1 Å². The Morgan fingerprint density at radius 2 is 2.38 bits per heavy atom. The van der Waals surface area contributed by atoms with Crippen molar-refractivity contribution >= 4 is 5.69 Å². The fourth-order valence-electron chi connectivity index (χ4n) is 2.66. The zero-order chi connectivity index (χ0) is 15.5. The average molecular weight is 294 g/mol. The number of nitrogens with zero attached hydrogens (tertiary/aromatic N) is 1. The van der Waals surface area contributed by atoms with Crippen LogP contribution in [0.15, 0.2) is 24.3 Å². The summed E-state index contributed by atoms with van der Waals surface area (Å²) in [7, 11) is 0. The van der Waals surface area contributed by atoms with Gasteiger partial charge in [-0.05, 0) is 18.9 Å². The number of nitrogens with one attached hydrogen (secondary N) is 1. The highest BCUT2D eigenvalue weighted by Gasteiger charge is 2.39. The van der Waals surface area contributed by atoms with Gasteiger partial charge in [0.1, 0.15) is 5.60 Å². The molecule has 0 amide bonds. The number of benzene rings is 1. The van der Waals surface area contributed by atoms with Crippen LogP contribution in [0.1, 0.15) is 38.3 Å². The second-order valence-electron chi connectivity index (χ2n) is 5.56. The zero-order valence-corrected chi connectivity index (χ0v) is 12.4. The van der Waals surface area contributed by atoms with Crippen molar-refractivity contribution in [3.8, 4) is 0 Å². The van der Waals surface area contributed by atoms with E-state index < -0.39 is 10.5 Å². The molecule has 0 bridgehead atoms. The van der Waals surface area contributed by atoms with E-state index in [0.717, 1.165) is 12.0 Å². The Hall–Kier alpha value is -1.50. The van der Waals surface area contributed by atoms with Gasteiger partial charge in [-0.25, -0.2) is 0 Å². The molecule has 3 unspecified atom stereocenters. The number of aliphatic hydroxyl groups is 1. The van der Waals surface area contributed by atoms with E-state index in [-0.39, 0.29) is 17.8 Å². The van der Waals surface area contributed by atoms with Crippen molar-refractivity contribution in [1.82, 2.24) is 5.32 Å². The highest BCUT2D eigenvalue weighted by atomic mass is 16.6. The maximum atomic E-state index is 10.9. The van der Waals surface area contributed by atoms with Crippen molar-refractivity contribution in [2.75, 3.05) is 13.2 Å². The van der Waals surface area contributed by atoms with Gasteiger partial charge in [-0.1, -0.05) is 19.1 Å². The Bertz CT molecular complexity index is 508. The fraction of sp³-hybridized carbons (Fsp3) is 0.600. The van der Waals surface area contributed by atoms with E-state index in [9.17, 15) is 15.2 Å². The van der Waals surface area contributed by atoms with E-state index in [2.05, 4.69) is 5.32 Å². The van der Waals surface area contributed by atoms with Gasteiger partial charge >= 0.3 is 0 Å². The van der Waals surface area contributed by atoms with Gasteiger partial charge in [0.25, 0.3) is 5.69 Å². The van der Waals surface area contributed by atoms with Crippen molar-refractivity contribution in [2.45, 2.75) is 44.4 Å². The molecule has 6 heteroatoms. The minimum absolute atomic E-state index is 0.0262. The Kier molecular flexibility index (Phi) is 4.92. The number of nitro groups is 1. The van der Waals surface area contributed by atoms with Crippen LogP contribution in [0.5, 0.6) is 0 Å². The highest BCUT2D eigenvalue weighted by molar-refractivity contribution is 5.35. The van der Waals surface area contributed by atoms with Crippen LogP contribution in [0.3, 0.4) is 0 Å². The predicted octanol–water partition coefficient (Wildman–Crippen LogP) is 2.18. The first kappa shape index (κ1) is 15.9. The molecular formula is C15H22N2O4. The Morgan fingerprint density at radius 1 is 1.62 bits per heavy atom. The third-order valence-corrected chi connectivity index (χ3v) is 4.21. The first-order valence-corrected chi connectivity index (χ1v) is 7.28. The molecule has 1 aromatic carbocycles. The molecule has 0 spiro atoms. The molecule has 0 saturated carbocycles. The van der Waals surface area contributed by atoms with Crippen LogP contribution in [0.25, 0.3) is 0 Å². The number of hydrogen-bond donors (Lipinski definition) is 2. The van der Waals surface area contributed by atoms with Crippen LogP contribution >= 0.6 is 0 Å². The van der Waals surface area contributed by atoms with Crippen LogP contribution in [-0.4, -0.2) is 34.9 Å². The van der Waals surface area contributed by atoms with Gasteiger partial charge < -0.3 is 15.2 Å². The highest BCUT2D eigenvalue weighted by Crippen LogP contribution is 2.27. The Labute approximate surface area is 124 Å². The van der Waals surface area contributed by atoms with Gasteiger partial charge in [0, 0.05) is 37.7 Å². The van der Waals surface area contributed by atoms with E-state index in [4.69, 9.17) is 4.74 Å². The van der Waals surface area contributed by atoms with Crippen LogP contribution in [-0.2, 0) is 4.74 Å². The number of ether oxygens (including phenoxy) is 1. The lowest BCUT2D eigenvalue weighted by Crippen LogP contribution is -2.46. The van der Waals surface area contributed by atoms with Crippen molar-refractivity contribution in [2.24, 2.45) is 0 Å². The molecule has 116 valence electrons. The molecule has 1 heterocycles. The Morgan fingerprint density at radius 3 is 2.95 bits per heavy atom. The molecular weight excluding hydrogens is 272 g/mol. The van der Waals surface area contributed by atoms with Crippen molar-refractivity contribution in [3.63, 3.8) is 0 Å². The van der Waals surface area contributed by atoms with Crippen molar-refractivity contribution in [1.29, 1.82) is 0 Å². The molecule has 1 fully saturated rings. The second-order valence-corrected chi connectivity index (χ2v) is 5.56. The van der Waals surface area contributed by atoms with Gasteiger partial charge in [-0.15, -0.1) is 0 Å². The van der Waals surface area contributed by atoms with Gasteiger partial charge in [0.2, 0.25) is 0 Å². The summed E-state index contributed by atoms with van der Waals surface area (Å²) in [6, 6.07) is 6.60. The average Bonchev–Trinajstić information content (AvgIpc) is 2.80. The first-order chi connectivity index (χ1) is 9.96. The maximum absolute atomic E-state index is 10.9. The molecule has 2 N–H and O–H groups in total. The van der Waals surface area contributed by atoms with E-state index >= 15 is 0 Å². The van der Waals surface area contributed by atoms with Crippen LogP contribution < -0.4 is 5.32 Å². The van der Waals surface area contributed by atoms with Gasteiger partial charge in [-0.3, -0.25) is 10.1 Å². The minimum Gasteiger partial charge on any atom is -0.386 e. The van der Waals surface area contributed by atoms with Crippen LogP contribution in [0.2, 0.25) is 0 Å². The molecule has 0 aromatic heterocycles. The SMILES string of the molecule is CCC(NCC1(O)CCOC1C)c1cccc([N+](=O)[O-])c1. The summed E-state index contributed by atoms with van der Waals surface area (Å²) in [5, 5.41) is 24.7. The standard InChI is InChI=1S/C15H22N2O4/c1-3-14(12-5-4-6-13(9-12)17(19)20)16-10-15(18)7-8-21-11(15)2/h4-6,9,11,14,16,18H,3,7-8,10H2,1-2H3. The maximum Gasteiger partial charge on any atom is 0.269 e. The molecule has 1 aliphatic heterocycles. The van der Waals surface area contributed by atoms with E-state index in [0.29, 0.717) is 19.6 Å². The Balaban J connectivity index is 2.06. The van der Waals surface area contributed by atoms with E-state index in [1.807, 2.05) is 19.9 Å². The summed E-state index contributed by atoms with van der Waals surface area (Å²) in [6.45, 7) is 4.85. The predicted molar refractivity (Wildman–Crippen MR) is 79.1 cm³/mol. The minimum atomic E-state index is -0.867. The quantitative estimate of drug-likeness (QED) is 0.620. The van der Waals surface area contributed by atoms with E-state index in [1.165, 1.54) is 6.07 Å². The summed E-state index contributed by atoms with van der Waals surface area (Å²) >= 11 is 0. The summed E-state index contributed by atoms with van der Waals surface area (Å²) in [4.78, 5) is 10.5. The molecule has 0 aliphatic carbocycles. The zero-order valence-electron chi connectivity index (χ0n) is 12.4. The van der Waals surface area contributed by atoms with Gasteiger partial charge in [0.05, 0.1) is 11.0 Å². The monoisotopic (exact) mass is 294 g/mol. The third kappa shape index (κ3) is 3.58. The molecule has 3 atom stereocenters. The molecule has 1 saturated heterocycles. The second kappa shape index (κ2) is 6.51. The first-order valence-electron chi connectivity index (χ1n) is 7.28. The molecule has 6 nitrogen and oxygen atoms in total. The number of nitro benzene ring substituents is 1. The normalized spacial score (nSPS) is 26.7. The topological polar surface area (TPSA) is 84.6 Å². The fourth-order valence-corrected chi connectivity index (χ4v) is 2.66. The van der Waals surface area contributed by atoms with Crippen LogP contribution in [0.4, 0.5) is 5.69 Å². The van der Waals surface area contributed by atoms with Crippen molar-refractivity contribution in [3.05, 3.63) is 39.9 Å². The molecule has 1 aromatic rings. The summed E-state index contributed by atoms with van der Waals surface area (Å²) in [6.07, 6.45) is 1.19. The molecule has 0 radical (unpaired) electrons. The number of hydrogen-bond acceptors (Lipinski definition) is 5. The largest absolute Gasteiger partial charge is 0.386 e.